The van der Waals surface area contributed by atoms with Crippen molar-refractivity contribution in [1.82, 2.24) is 0 Å². The molecule has 2 unspecified atom stereocenters. The van der Waals surface area contributed by atoms with E-state index in [9.17, 15) is 24.4 Å². The Hall–Kier alpha value is -0.950. The maximum Gasteiger partial charge on any atom is 0.348 e. The molecule has 2 N–H and O–H groups in total. The third kappa shape index (κ3) is 6.70. The van der Waals surface area contributed by atoms with Gasteiger partial charge in [-0.15, -0.1) is 0 Å². The molecule has 0 aliphatic heterocycles. The van der Waals surface area contributed by atoms with Crippen molar-refractivity contribution >= 4 is 19.5 Å². The van der Waals surface area contributed by atoms with Crippen LogP contribution in [0.2, 0.25) is 0 Å². The number of esters is 1. The van der Waals surface area contributed by atoms with Gasteiger partial charge in [0.05, 0.1) is 32.3 Å². The van der Waals surface area contributed by atoms with Crippen molar-refractivity contribution in [3.63, 3.8) is 0 Å². The van der Waals surface area contributed by atoms with Crippen LogP contribution in [0.25, 0.3) is 0 Å². The Labute approximate surface area is 149 Å². The van der Waals surface area contributed by atoms with Crippen LogP contribution in [-0.4, -0.2) is 53.2 Å². The van der Waals surface area contributed by atoms with E-state index in [0.29, 0.717) is 12.8 Å². The molecule has 0 rings (SSSR count). The number of carboxylic acids is 1. The van der Waals surface area contributed by atoms with Crippen LogP contribution in [-0.2, 0) is 27.9 Å². The van der Waals surface area contributed by atoms with Gasteiger partial charge in [0.2, 0.25) is 0 Å². The second-order valence-electron chi connectivity index (χ2n) is 5.66. The number of hydrogen-bond donors (Lipinski definition) is 2. The van der Waals surface area contributed by atoms with Gasteiger partial charge in [0, 0.05) is 6.42 Å². The molecule has 9 heteroatoms. The molecule has 0 saturated carbocycles. The first-order valence-electron chi connectivity index (χ1n) is 8.69. The number of aliphatic carboxylic acids is 1. The summed E-state index contributed by atoms with van der Waals surface area (Å²) in [5.74, 6) is -2.34. The van der Waals surface area contributed by atoms with E-state index in [0.717, 1.165) is 6.42 Å². The fraction of sp³-hybridized carbons (Fsp3) is 0.875. The van der Waals surface area contributed by atoms with Crippen LogP contribution in [0.3, 0.4) is 0 Å². The fourth-order valence-corrected chi connectivity index (χ4v) is 4.92. The standard InChI is InChI=1S/C16H31O8P/c1-5-9-10-13(17)11-16(12-14(18)19,15(20)22-6-2)25(21,23-7-3)24-8-4/h13,17H,5-12H2,1-4H3,(H,18,19). The van der Waals surface area contributed by atoms with Gasteiger partial charge in [0.15, 0.2) is 5.16 Å². The van der Waals surface area contributed by atoms with Crippen LogP contribution in [0.15, 0.2) is 0 Å². The van der Waals surface area contributed by atoms with E-state index in [2.05, 4.69) is 0 Å². The zero-order chi connectivity index (χ0) is 19.5. The van der Waals surface area contributed by atoms with Gasteiger partial charge < -0.3 is 24.0 Å². The summed E-state index contributed by atoms with van der Waals surface area (Å²) in [5.41, 5.74) is 0. The molecule has 0 amide bonds. The lowest BCUT2D eigenvalue weighted by molar-refractivity contribution is -0.153. The van der Waals surface area contributed by atoms with Crippen molar-refractivity contribution in [2.45, 2.75) is 71.1 Å². The van der Waals surface area contributed by atoms with Gasteiger partial charge >= 0.3 is 19.5 Å². The maximum absolute atomic E-state index is 13.4. The Morgan fingerprint density at radius 3 is 2.04 bits per heavy atom. The third-order valence-electron chi connectivity index (χ3n) is 3.69. The zero-order valence-corrected chi connectivity index (χ0v) is 16.4. The van der Waals surface area contributed by atoms with Crippen LogP contribution >= 0.6 is 7.60 Å². The molecule has 0 heterocycles. The highest BCUT2D eigenvalue weighted by Crippen LogP contribution is 2.64. The summed E-state index contributed by atoms with van der Waals surface area (Å²) in [6.45, 7) is 6.53. The van der Waals surface area contributed by atoms with Crippen LogP contribution in [0, 0.1) is 0 Å². The predicted molar refractivity (Wildman–Crippen MR) is 92.6 cm³/mol. The number of carbonyl (C=O) groups excluding carboxylic acids is 1. The Kier molecular flexibility index (Phi) is 11.2. The van der Waals surface area contributed by atoms with Gasteiger partial charge in [-0.3, -0.25) is 14.2 Å². The van der Waals surface area contributed by atoms with E-state index in [1.54, 1.807) is 20.8 Å². The molecule has 0 aliphatic rings. The van der Waals surface area contributed by atoms with Gasteiger partial charge in [-0.2, -0.15) is 0 Å². The lowest BCUT2D eigenvalue weighted by Gasteiger charge is -2.36. The third-order valence-corrected chi connectivity index (χ3v) is 6.45. The topological polar surface area (TPSA) is 119 Å². The van der Waals surface area contributed by atoms with Crippen molar-refractivity contribution in [2.75, 3.05) is 19.8 Å². The highest BCUT2D eigenvalue weighted by atomic mass is 31.2. The highest BCUT2D eigenvalue weighted by Gasteiger charge is 2.60. The zero-order valence-electron chi connectivity index (χ0n) is 15.5. The first kappa shape index (κ1) is 24.1. The van der Waals surface area contributed by atoms with E-state index in [1.807, 2.05) is 6.92 Å². The molecule has 0 aromatic carbocycles. The average Bonchev–Trinajstić information content (AvgIpc) is 2.52. The molecule has 2 atom stereocenters. The lowest BCUT2D eigenvalue weighted by atomic mass is 9.94. The minimum absolute atomic E-state index is 0.0243. The van der Waals surface area contributed by atoms with E-state index in [4.69, 9.17) is 13.8 Å². The van der Waals surface area contributed by atoms with Crippen LogP contribution < -0.4 is 0 Å². The van der Waals surface area contributed by atoms with E-state index in [-0.39, 0.29) is 26.2 Å². The molecule has 0 fully saturated rings. The van der Waals surface area contributed by atoms with Crippen molar-refractivity contribution in [2.24, 2.45) is 0 Å². The Bertz CT molecular complexity index is 457. The van der Waals surface area contributed by atoms with E-state index >= 15 is 0 Å². The SMILES string of the molecule is CCCCC(O)CC(CC(=O)O)(C(=O)OCC)P(=O)(OCC)OCC. The summed E-state index contributed by atoms with van der Waals surface area (Å²) in [4.78, 5) is 24.1. The molecule has 25 heavy (non-hydrogen) atoms. The van der Waals surface area contributed by atoms with Crippen molar-refractivity contribution < 1.29 is 38.2 Å². The lowest BCUT2D eigenvalue weighted by Crippen LogP contribution is -2.46. The Morgan fingerprint density at radius 2 is 1.64 bits per heavy atom. The highest BCUT2D eigenvalue weighted by molar-refractivity contribution is 7.56. The minimum atomic E-state index is -4.20. The normalized spacial score (nSPS) is 15.4. The van der Waals surface area contributed by atoms with Gasteiger partial charge in [0.1, 0.15) is 0 Å². The van der Waals surface area contributed by atoms with Crippen LogP contribution in [0.5, 0.6) is 0 Å². The predicted octanol–water partition coefficient (Wildman–Crippen LogP) is 2.97. The average molecular weight is 382 g/mol. The monoisotopic (exact) mass is 382 g/mol. The molecular formula is C16H31O8P. The first-order chi connectivity index (χ1) is 11.7. The number of rotatable bonds is 14. The largest absolute Gasteiger partial charge is 0.481 e. The van der Waals surface area contributed by atoms with Crippen LogP contribution in [0.1, 0.15) is 59.8 Å². The van der Waals surface area contributed by atoms with Gasteiger partial charge in [0.25, 0.3) is 0 Å². The van der Waals surface area contributed by atoms with Gasteiger partial charge in [-0.25, -0.2) is 0 Å². The summed E-state index contributed by atoms with van der Waals surface area (Å²) < 4.78 is 28.9. The summed E-state index contributed by atoms with van der Waals surface area (Å²) in [6.07, 6.45) is -0.368. The second kappa shape index (κ2) is 11.6. The second-order valence-corrected chi connectivity index (χ2v) is 8.02. The fourth-order valence-electron chi connectivity index (χ4n) is 2.62. The molecule has 8 nitrogen and oxygen atoms in total. The first-order valence-corrected chi connectivity index (χ1v) is 10.2. The molecule has 0 saturated heterocycles. The van der Waals surface area contributed by atoms with Gasteiger partial charge in [-0.1, -0.05) is 19.8 Å². The van der Waals surface area contributed by atoms with Crippen molar-refractivity contribution in [3.05, 3.63) is 0 Å². The van der Waals surface area contributed by atoms with E-state index < -0.39 is 37.2 Å². The maximum atomic E-state index is 13.4. The quantitative estimate of drug-likeness (QED) is 0.348. The van der Waals surface area contributed by atoms with Crippen molar-refractivity contribution in [3.8, 4) is 0 Å². The summed E-state index contributed by atoms with van der Waals surface area (Å²) in [6, 6.07) is 0. The Morgan fingerprint density at radius 1 is 1.08 bits per heavy atom. The smallest absolute Gasteiger partial charge is 0.348 e. The summed E-state index contributed by atoms with van der Waals surface area (Å²) >= 11 is 0. The van der Waals surface area contributed by atoms with Gasteiger partial charge in [-0.05, 0) is 27.2 Å². The molecule has 0 bridgehead atoms. The number of carbonyl (C=O) groups is 2. The molecule has 0 spiro atoms. The number of aliphatic hydroxyl groups is 1. The summed E-state index contributed by atoms with van der Waals surface area (Å²) in [5, 5.41) is 17.6. The number of unbranched alkanes of at least 4 members (excludes halogenated alkanes) is 1. The number of hydrogen-bond acceptors (Lipinski definition) is 7. The number of ether oxygens (including phenoxy) is 1. The Balaban J connectivity index is 6.09. The molecule has 0 aromatic heterocycles. The van der Waals surface area contributed by atoms with Crippen LogP contribution in [0.4, 0.5) is 0 Å². The minimum Gasteiger partial charge on any atom is -0.481 e. The summed E-state index contributed by atoms with van der Waals surface area (Å²) in [7, 11) is -4.20. The molecule has 0 aromatic rings. The molecule has 148 valence electrons. The molecule has 0 aliphatic carbocycles. The number of carboxylic acid groups (broad SMARTS) is 1. The molecule has 0 radical (unpaired) electrons. The van der Waals surface area contributed by atoms with E-state index in [1.165, 1.54) is 0 Å². The molecular weight excluding hydrogens is 351 g/mol. The van der Waals surface area contributed by atoms with Crippen molar-refractivity contribution in [1.29, 1.82) is 0 Å². The number of aliphatic hydroxyl groups excluding tert-OH is 1.